The molecule has 1 aromatic carbocycles. The van der Waals surface area contributed by atoms with Crippen molar-refractivity contribution in [1.82, 2.24) is 15.5 Å². The summed E-state index contributed by atoms with van der Waals surface area (Å²) in [7, 11) is 1.57. The van der Waals surface area contributed by atoms with Crippen LogP contribution in [-0.4, -0.2) is 55.7 Å². The zero-order valence-corrected chi connectivity index (χ0v) is 14.0. The zero-order valence-electron chi connectivity index (χ0n) is 14.0. The molecule has 0 aliphatic carbocycles. The predicted octanol–water partition coefficient (Wildman–Crippen LogP) is 1.06. The fourth-order valence-corrected chi connectivity index (χ4v) is 4.19. The van der Waals surface area contributed by atoms with Crippen LogP contribution in [-0.2, 0) is 17.7 Å². The molecule has 0 unspecified atom stereocenters. The number of ether oxygens (including phenoxy) is 1. The second-order valence-corrected chi connectivity index (χ2v) is 7.18. The van der Waals surface area contributed by atoms with Crippen molar-refractivity contribution >= 4 is 5.91 Å². The summed E-state index contributed by atoms with van der Waals surface area (Å²) in [6.07, 6.45) is 2.82. The SMILES string of the molecule is CNC(=O)c1cc(F)c2c(c1)CCN([C@H]1CCOC3(CNC3)C1)C2. The predicted molar refractivity (Wildman–Crippen MR) is 88.5 cm³/mol. The monoisotopic (exact) mass is 333 g/mol. The number of nitrogens with one attached hydrogen (secondary N) is 2. The molecule has 6 heteroatoms. The van der Waals surface area contributed by atoms with Crippen LogP contribution in [0, 0.1) is 5.82 Å². The standard InChI is InChI=1S/C18H24FN3O2/c1-20-17(23)13-6-12-2-4-22(9-15(12)16(19)7-13)14-3-5-24-18(8-14)10-21-11-18/h6-7,14,21H,2-5,8-11H2,1H3,(H,20,23)/t14-/m0/s1. The topological polar surface area (TPSA) is 53.6 Å². The normalized spacial score (nSPS) is 25.8. The van der Waals surface area contributed by atoms with Gasteiger partial charge < -0.3 is 15.4 Å². The van der Waals surface area contributed by atoms with Gasteiger partial charge in [-0.1, -0.05) is 0 Å². The molecule has 1 spiro atoms. The first-order valence-electron chi connectivity index (χ1n) is 8.72. The molecule has 1 atom stereocenters. The smallest absolute Gasteiger partial charge is 0.251 e. The van der Waals surface area contributed by atoms with Gasteiger partial charge in [0.1, 0.15) is 5.82 Å². The lowest BCUT2D eigenvalue weighted by Crippen LogP contribution is -2.65. The summed E-state index contributed by atoms with van der Waals surface area (Å²) in [6, 6.07) is 3.66. The third-order valence-corrected chi connectivity index (χ3v) is 5.68. The second kappa shape index (κ2) is 6.10. The molecule has 2 fully saturated rings. The molecule has 1 amide bonds. The summed E-state index contributed by atoms with van der Waals surface area (Å²) in [5.41, 5.74) is 2.14. The summed E-state index contributed by atoms with van der Waals surface area (Å²) in [5.74, 6) is -0.495. The van der Waals surface area contributed by atoms with Crippen molar-refractivity contribution in [2.45, 2.75) is 37.5 Å². The highest BCUT2D eigenvalue weighted by Crippen LogP contribution is 2.34. The molecule has 3 heterocycles. The fraction of sp³-hybridized carbons (Fsp3) is 0.611. The Kier molecular flexibility index (Phi) is 4.06. The average Bonchev–Trinajstić information content (AvgIpc) is 2.59. The van der Waals surface area contributed by atoms with Gasteiger partial charge >= 0.3 is 0 Å². The van der Waals surface area contributed by atoms with Crippen molar-refractivity contribution in [3.63, 3.8) is 0 Å². The van der Waals surface area contributed by atoms with E-state index >= 15 is 0 Å². The summed E-state index contributed by atoms with van der Waals surface area (Å²) < 4.78 is 20.5. The Hall–Kier alpha value is -1.50. The van der Waals surface area contributed by atoms with Crippen LogP contribution in [0.3, 0.4) is 0 Å². The number of benzene rings is 1. The molecule has 1 aromatic rings. The summed E-state index contributed by atoms with van der Waals surface area (Å²) >= 11 is 0. The fourth-order valence-electron chi connectivity index (χ4n) is 4.19. The minimum atomic E-state index is -0.261. The average molecular weight is 333 g/mol. The van der Waals surface area contributed by atoms with Crippen molar-refractivity contribution in [2.24, 2.45) is 0 Å². The van der Waals surface area contributed by atoms with E-state index in [1.54, 1.807) is 7.05 Å². The highest BCUT2D eigenvalue weighted by molar-refractivity contribution is 5.94. The van der Waals surface area contributed by atoms with E-state index in [1.807, 2.05) is 6.07 Å². The molecular weight excluding hydrogens is 309 g/mol. The number of rotatable bonds is 2. The van der Waals surface area contributed by atoms with Gasteiger partial charge in [-0.15, -0.1) is 0 Å². The van der Waals surface area contributed by atoms with Crippen molar-refractivity contribution in [3.8, 4) is 0 Å². The molecule has 5 nitrogen and oxygen atoms in total. The number of fused-ring (bicyclic) bond motifs is 1. The van der Waals surface area contributed by atoms with Crippen molar-refractivity contribution < 1.29 is 13.9 Å². The molecule has 3 aliphatic rings. The Bertz CT molecular complexity index is 660. The van der Waals surface area contributed by atoms with Crippen LogP contribution in [0.25, 0.3) is 0 Å². The van der Waals surface area contributed by atoms with Gasteiger partial charge in [0.05, 0.1) is 5.60 Å². The highest BCUT2D eigenvalue weighted by atomic mass is 19.1. The van der Waals surface area contributed by atoms with Crippen LogP contribution in [0.15, 0.2) is 12.1 Å². The third-order valence-electron chi connectivity index (χ3n) is 5.68. The van der Waals surface area contributed by atoms with Gasteiger partial charge in [0, 0.05) is 57.0 Å². The number of nitrogens with zero attached hydrogens (tertiary/aromatic N) is 1. The number of halogens is 1. The molecule has 4 rings (SSSR count). The summed E-state index contributed by atoms with van der Waals surface area (Å²) in [5, 5.41) is 5.86. The quantitative estimate of drug-likeness (QED) is 0.850. The maximum atomic E-state index is 14.6. The van der Waals surface area contributed by atoms with Gasteiger partial charge in [0.15, 0.2) is 0 Å². The van der Waals surface area contributed by atoms with E-state index in [9.17, 15) is 9.18 Å². The summed E-state index contributed by atoms with van der Waals surface area (Å²) in [6.45, 7) is 4.19. The van der Waals surface area contributed by atoms with E-state index in [0.717, 1.165) is 56.6 Å². The van der Waals surface area contributed by atoms with E-state index in [1.165, 1.54) is 6.07 Å². The zero-order chi connectivity index (χ0) is 16.7. The molecule has 0 radical (unpaired) electrons. The van der Waals surface area contributed by atoms with E-state index < -0.39 is 0 Å². The van der Waals surface area contributed by atoms with Crippen LogP contribution in [0.1, 0.15) is 34.3 Å². The lowest BCUT2D eigenvalue weighted by Gasteiger charge is -2.50. The maximum Gasteiger partial charge on any atom is 0.251 e. The van der Waals surface area contributed by atoms with Crippen LogP contribution >= 0.6 is 0 Å². The molecular formula is C18H24FN3O2. The summed E-state index contributed by atoms with van der Waals surface area (Å²) in [4.78, 5) is 14.2. The Morgan fingerprint density at radius 3 is 3.00 bits per heavy atom. The maximum absolute atomic E-state index is 14.6. The molecule has 0 bridgehead atoms. The lowest BCUT2D eigenvalue weighted by molar-refractivity contribution is -0.134. The second-order valence-electron chi connectivity index (χ2n) is 7.18. The lowest BCUT2D eigenvalue weighted by atomic mass is 9.84. The van der Waals surface area contributed by atoms with Crippen LogP contribution < -0.4 is 10.6 Å². The van der Waals surface area contributed by atoms with Gasteiger partial charge in [0.25, 0.3) is 5.91 Å². The third kappa shape index (κ3) is 2.72. The highest BCUT2D eigenvalue weighted by Gasteiger charge is 2.44. The van der Waals surface area contributed by atoms with E-state index in [-0.39, 0.29) is 17.3 Å². The first-order valence-corrected chi connectivity index (χ1v) is 8.72. The molecule has 0 aromatic heterocycles. The van der Waals surface area contributed by atoms with Gasteiger partial charge in [-0.3, -0.25) is 9.69 Å². The van der Waals surface area contributed by atoms with Gasteiger partial charge in [0.2, 0.25) is 0 Å². The largest absolute Gasteiger partial charge is 0.372 e. The first kappa shape index (κ1) is 16.0. The molecule has 3 aliphatic heterocycles. The van der Waals surface area contributed by atoms with Crippen molar-refractivity contribution in [3.05, 3.63) is 34.6 Å². The first-order chi connectivity index (χ1) is 11.6. The van der Waals surface area contributed by atoms with E-state index in [4.69, 9.17) is 4.74 Å². The number of carbonyl (C=O) groups excluding carboxylic acids is 1. The van der Waals surface area contributed by atoms with Gasteiger partial charge in [-0.25, -0.2) is 4.39 Å². The Balaban J connectivity index is 1.52. The van der Waals surface area contributed by atoms with Crippen molar-refractivity contribution in [1.29, 1.82) is 0 Å². The van der Waals surface area contributed by atoms with Crippen LogP contribution in [0.5, 0.6) is 0 Å². The molecule has 24 heavy (non-hydrogen) atoms. The van der Waals surface area contributed by atoms with Crippen molar-refractivity contribution in [2.75, 3.05) is 33.3 Å². The molecule has 0 saturated carbocycles. The Morgan fingerprint density at radius 2 is 2.29 bits per heavy atom. The number of hydrogen-bond acceptors (Lipinski definition) is 4. The van der Waals surface area contributed by atoms with E-state index in [0.29, 0.717) is 18.2 Å². The van der Waals surface area contributed by atoms with Gasteiger partial charge in [-0.05, 0) is 37.0 Å². The Morgan fingerprint density at radius 1 is 1.46 bits per heavy atom. The molecule has 2 N–H and O–H groups in total. The minimum Gasteiger partial charge on any atom is -0.372 e. The van der Waals surface area contributed by atoms with E-state index in [2.05, 4.69) is 15.5 Å². The minimum absolute atomic E-state index is 0.00477. The van der Waals surface area contributed by atoms with Gasteiger partial charge in [-0.2, -0.15) is 0 Å². The number of carbonyl (C=O) groups is 1. The number of hydrogen-bond donors (Lipinski definition) is 2. The molecule has 130 valence electrons. The number of amides is 1. The van der Waals surface area contributed by atoms with Crippen LogP contribution in [0.2, 0.25) is 0 Å². The van der Waals surface area contributed by atoms with Crippen LogP contribution in [0.4, 0.5) is 4.39 Å². The molecule has 2 saturated heterocycles. The Labute approximate surface area is 141 Å².